The van der Waals surface area contributed by atoms with Crippen LogP contribution in [0.5, 0.6) is 0 Å². The highest BCUT2D eigenvalue weighted by Gasteiger charge is 2.58. The number of allylic oxidation sites excluding steroid dienone is 1. The number of rotatable bonds is 3. The lowest BCUT2D eigenvalue weighted by molar-refractivity contribution is -0.145. The lowest BCUT2D eigenvalue weighted by Crippen LogP contribution is -2.53. The Bertz CT molecular complexity index is 919. The van der Waals surface area contributed by atoms with Gasteiger partial charge in [-0.2, -0.15) is 18.3 Å². The summed E-state index contributed by atoms with van der Waals surface area (Å²) in [5.41, 5.74) is -1.18. The molecule has 0 aliphatic heterocycles. The summed E-state index contributed by atoms with van der Waals surface area (Å²) in [4.78, 5) is 13.0. The third kappa shape index (κ3) is 3.50. The minimum Gasteiger partial charge on any atom is -0.393 e. The van der Waals surface area contributed by atoms with E-state index in [1.54, 1.807) is 0 Å². The minimum absolute atomic E-state index is 0.0666. The van der Waals surface area contributed by atoms with Gasteiger partial charge in [0.25, 0.3) is 5.91 Å². The van der Waals surface area contributed by atoms with E-state index in [0.717, 1.165) is 16.5 Å². The number of alkyl halides is 3. The molecule has 0 radical (unpaired) electrons. The molecule has 0 aromatic carbocycles. The maximum atomic E-state index is 14.0. The summed E-state index contributed by atoms with van der Waals surface area (Å²) in [6.45, 7) is 2.02. The van der Waals surface area contributed by atoms with Crippen LogP contribution in [0.3, 0.4) is 0 Å². The highest BCUT2D eigenvalue weighted by Crippen LogP contribution is 2.58. The summed E-state index contributed by atoms with van der Waals surface area (Å²) in [6, 6.07) is -0.815. The molecule has 9 heteroatoms. The predicted octanol–water partition coefficient (Wildman–Crippen LogP) is 3.21. The maximum absolute atomic E-state index is 14.0. The van der Waals surface area contributed by atoms with E-state index in [4.69, 9.17) is 0 Å². The maximum Gasteiger partial charge on any atom is 0.433 e. The molecule has 3 unspecified atom stereocenters. The minimum atomic E-state index is -4.71. The standard InChI is InChI=1S/C22H28F3N3O3/c1-11-6-14-15-8-21(31,7-11)9-16(15)18(14)27-20(30)17-10-26-28(19(17)22(23,24)25)12-2-4-13(29)5-3-12/h6,10-13,15-16,18,29,31H,2-5,7-9H2,1H3,(H,27,30)/t11?,12?,13?,15?,16?,18-,21-/m0/s1. The van der Waals surface area contributed by atoms with E-state index in [0.29, 0.717) is 44.9 Å². The number of hydrogen-bond donors (Lipinski definition) is 3. The van der Waals surface area contributed by atoms with Crippen LogP contribution in [0, 0.1) is 17.8 Å². The topological polar surface area (TPSA) is 87.4 Å². The van der Waals surface area contributed by atoms with Crippen molar-refractivity contribution in [1.29, 1.82) is 0 Å². The van der Waals surface area contributed by atoms with Gasteiger partial charge in [-0.1, -0.05) is 13.0 Å². The smallest absolute Gasteiger partial charge is 0.393 e. The average molecular weight is 439 g/mol. The number of nitrogens with one attached hydrogen (secondary N) is 1. The van der Waals surface area contributed by atoms with Gasteiger partial charge in [0.1, 0.15) is 0 Å². The zero-order valence-corrected chi connectivity index (χ0v) is 17.4. The number of fused-ring (bicyclic) bond motifs is 1. The SMILES string of the molecule is CC1C=C2C3C[C@@](O)(C1)CC3[C@H]2NC(=O)c1cnn(C2CCC(O)CC2)c1C(F)(F)F. The third-order valence-corrected chi connectivity index (χ3v) is 7.73. The number of aliphatic hydroxyl groups excluding tert-OH is 1. The van der Waals surface area contributed by atoms with E-state index in [1.807, 2.05) is 6.92 Å². The van der Waals surface area contributed by atoms with Gasteiger partial charge in [0.15, 0.2) is 5.69 Å². The van der Waals surface area contributed by atoms with E-state index in [1.165, 1.54) is 0 Å². The van der Waals surface area contributed by atoms with Gasteiger partial charge in [0.05, 0.1) is 35.5 Å². The molecule has 5 rings (SSSR count). The van der Waals surface area contributed by atoms with E-state index in [9.17, 15) is 28.2 Å². The van der Waals surface area contributed by atoms with Crippen LogP contribution in [0.2, 0.25) is 0 Å². The van der Waals surface area contributed by atoms with Gasteiger partial charge in [-0.3, -0.25) is 9.48 Å². The third-order valence-electron chi connectivity index (χ3n) is 7.73. The van der Waals surface area contributed by atoms with Crippen molar-refractivity contribution in [3.8, 4) is 0 Å². The Morgan fingerprint density at radius 1 is 1.23 bits per heavy atom. The van der Waals surface area contributed by atoms with Crippen LogP contribution in [0.15, 0.2) is 17.8 Å². The normalized spacial score (nSPS) is 39.5. The van der Waals surface area contributed by atoms with Gasteiger partial charge in [0.2, 0.25) is 0 Å². The largest absolute Gasteiger partial charge is 0.433 e. The number of carbonyl (C=O) groups excluding carboxylic acids is 1. The van der Waals surface area contributed by atoms with E-state index in [2.05, 4.69) is 16.5 Å². The van der Waals surface area contributed by atoms with Gasteiger partial charge in [0, 0.05) is 0 Å². The van der Waals surface area contributed by atoms with Crippen molar-refractivity contribution in [3.63, 3.8) is 0 Å². The van der Waals surface area contributed by atoms with Gasteiger partial charge in [-0.15, -0.1) is 0 Å². The first-order chi connectivity index (χ1) is 14.6. The van der Waals surface area contributed by atoms with Crippen molar-refractivity contribution in [2.45, 2.75) is 81.8 Å². The Balaban J connectivity index is 1.40. The van der Waals surface area contributed by atoms with Crippen molar-refractivity contribution in [2.75, 3.05) is 0 Å². The Labute approximate surface area is 178 Å². The number of amides is 1. The number of hydrogen-bond acceptors (Lipinski definition) is 4. The molecule has 1 aromatic rings. The first-order valence-corrected chi connectivity index (χ1v) is 11.1. The molecule has 0 saturated heterocycles. The second kappa shape index (κ2) is 7.07. The van der Waals surface area contributed by atoms with Crippen molar-refractivity contribution in [1.82, 2.24) is 15.1 Å². The monoisotopic (exact) mass is 439 g/mol. The van der Waals surface area contributed by atoms with E-state index in [-0.39, 0.29) is 23.8 Å². The molecule has 4 aliphatic rings. The fraction of sp³-hybridized carbons (Fsp3) is 0.727. The summed E-state index contributed by atoms with van der Waals surface area (Å²) < 4.78 is 42.8. The van der Waals surface area contributed by atoms with E-state index < -0.39 is 41.1 Å². The van der Waals surface area contributed by atoms with Crippen LogP contribution in [0.25, 0.3) is 0 Å². The summed E-state index contributed by atoms with van der Waals surface area (Å²) >= 11 is 0. The fourth-order valence-corrected chi connectivity index (χ4v) is 6.48. The molecular formula is C22H28F3N3O3. The first kappa shape index (κ1) is 21.0. The average Bonchev–Trinajstić information content (AvgIpc) is 3.22. The van der Waals surface area contributed by atoms with Crippen molar-refractivity contribution < 1.29 is 28.2 Å². The van der Waals surface area contributed by atoms with Gasteiger partial charge in [-0.05, 0) is 68.3 Å². The van der Waals surface area contributed by atoms with Crippen LogP contribution >= 0.6 is 0 Å². The molecule has 4 aliphatic carbocycles. The molecule has 170 valence electrons. The Morgan fingerprint density at radius 3 is 2.61 bits per heavy atom. The van der Waals surface area contributed by atoms with Crippen molar-refractivity contribution in [2.24, 2.45) is 17.8 Å². The van der Waals surface area contributed by atoms with E-state index >= 15 is 0 Å². The predicted molar refractivity (Wildman–Crippen MR) is 105 cm³/mol. The number of nitrogens with zero attached hydrogens (tertiary/aromatic N) is 2. The molecule has 0 spiro atoms. The van der Waals surface area contributed by atoms with Crippen LogP contribution in [0.4, 0.5) is 13.2 Å². The zero-order valence-electron chi connectivity index (χ0n) is 17.4. The van der Waals surface area contributed by atoms with Crippen molar-refractivity contribution in [3.05, 3.63) is 29.1 Å². The number of aromatic nitrogens is 2. The van der Waals surface area contributed by atoms with Gasteiger partial charge < -0.3 is 15.5 Å². The molecule has 1 aromatic heterocycles. The number of aliphatic hydroxyl groups is 2. The molecule has 1 heterocycles. The van der Waals surface area contributed by atoms with Crippen LogP contribution in [-0.4, -0.2) is 43.6 Å². The van der Waals surface area contributed by atoms with Crippen LogP contribution < -0.4 is 5.32 Å². The van der Waals surface area contributed by atoms with Crippen molar-refractivity contribution >= 4 is 5.91 Å². The fourth-order valence-electron chi connectivity index (χ4n) is 6.48. The second-order valence-electron chi connectivity index (χ2n) is 10.0. The number of carbonyl (C=O) groups is 1. The summed E-state index contributed by atoms with van der Waals surface area (Å²) in [7, 11) is 0. The second-order valence-corrected chi connectivity index (χ2v) is 10.0. The molecule has 3 fully saturated rings. The Hall–Kier alpha value is -1.87. The van der Waals surface area contributed by atoms with Gasteiger partial charge in [-0.25, -0.2) is 0 Å². The number of halogens is 3. The molecular weight excluding hydrogens is 411 g/mol. The molecule has 3 saturated carbocycles. The summed E-state index contributed by atoms with van der Waals surface area (Å²) in [5.74, 6) is -0.330. The Kier molecular flexibility index (Phi) is 4.79. The highest BCUT2D eigenvalue weighted by atomic mass is 19.4. The zero-order chi connectivity index (χ0) is 22.1. The highest BCUT2D eigenvalue weighted by molar-refractivity contribution is 5.96. The lowest BCUT2D eigenvalue weighted by Gasteiger charge is -2.45. The summed E-state index contributed by atoms with van der Waals surface area (Å²) in [5, 5.41) is 27.3. The molecule has 3 N–H and O–H groups in total. The quantitative estimate of drug-likeness (QED) is 0.632. The molecule has 6 nitrogen and oxygen atoms in total. The van der Waals surface area contributed by atoms with Crippen LogP contribution in [0.1, 0.15) is 74.0 Å². The van der Waals surface area contributed by atoms with Crippen LogP contribution in [-0.2, 0) is 6.18 Å². The lowest BCUT2D eigenvalue weighted by atomic mass is 9.65. The molecule has 1 amide bonds. The molecule has 31 heavy (non-hydrogen) atoms. The molecule has 5 atom stereocenters. The molecule has 2 bridgehead atoms. The summed E-state index contributed by atoms with van der Waals surface area (Å²) in [6.07, 6.45) is 1.43. The Morgan fingerprint density at radius 2 is 1.94 bits per heavy atom. The first-order valence-electron chi connectivity index (χ1n) is 11.1. The van der Waals surface area contributed by atoms with Gasteiger partial charge >= 0.3 is 6.18 Å².